The van der Waals surface area contributed by atoms with E-state index in [4.69, 9.17) is 23.2 Å². The summed E-state index contributed by atoms with van der Waals surface area (Å²) in [7, 11) is -2.62. The molecule has 10 heteroatoms. The third kappa shape index (κ3) is 6.37. The third-order valence-electron chi connectivity index (χ3n) is 5.88. The maximum Gasteiger partial charge on any atom is 0.243 e. The van der Waals surface area contributed by atoms with Crippen LogP contribution in [0.3, 0.4) is 0 Å². The molecule has 0 radical (unpaired) electrons. The van der Waals surface area contributed by atoms with Crippen LogP contribution in [0.2, 0.25) is 10.0 Å². The van der Waals surface area contributed by atoms with E-state index in [0.717, 1.165) is 15.1 Å². The molecule has 0 fully saturated rings. The quantitative estimate of drug-likeness (QED) is 0.396. The minimum Gasteiger partial charge on any atom is -0.355 e. The summed E-state index contributed by atoms with van der Waals surface area (Å²) < 4.78 is 27.6. The van der Waals surface area contributed by atoms with Crippen molar-refractivity contribution in [1.82, 2.24) is 14.5 Å². The Hall–Kier alpha value is -2.65. The standard InChI is InChI=1S/C26H29Cl2N3O4S/c1-4-24(26(33)29-5-2)31(16-20-10-12-21(27)15-23(20)28)25(32)17-30(3)36(34,35)22-13-11-18-8-6-7-9-19(18)14-22/h6-15,24H,4-5,16-17H2,1-3H3,(H,29,33)/t24-/m0/s1. The van der Waals surface area contributed by atoms with Gasteiger partial charge in [0, 0.05) is 30.2 Å². The van der Waals surface area contributed by atoms with Gasteiger partial charge < -0.3 is 10.2 Å². The average molecular weight is 551 g/mol. The largest absolute Gasteiger partial charge is 0.355 e. The van der Waals surface area contributed by atoms with Gasteiger partial charge in [0.2, 0.25) is 21.8 Å². The number of halogens is 2. The van der Waals surface area contributed by atoms with Gasteiger partial charge in [-0.15, -0.1) is 0 Å². The molecule has 0 spiro atoms. The number of nitrogens with zero attached hydrogens (tertiary/aromatic N) is 2. The Balaban J connectivity index is 1.90. The second-order valence-corrected chi connectivity index (χ2v) is 11.2. The van der Waals surface area contributed by atoms with Gasteiger partial charge in [0.05, 0.1) is 11.4 Å². The number of nitrogens with one attached hydrogen (secondary N) is 1. The van der Waals surface area contributed by atoms with E-state index in [-0.39, 0.29) is 17.3 Å². The number of benzene rings is 3. The molecule has 0 saturated heterocycles. The van der Waals surface area contributed by atoms with Gasteiger partial charge in [0.25, 0.3) is 0 Å². The number of carbonyl (C=O) groups is 2. The molecule has 1 atom stereocenters. The zero-order valence-corrected chi connectivity index (χ0v) is 22.7. The van der Waals surface area contributed by atoms with E-state index < -0.39 is 28.5 Å². The van der Waals surface area contributed by atoms with E-state index in [0.29, 0.717) is 28.6 Å². The molecular weight excluding hydrogens is 521 g/mol. The lowest BCUT2D eigenvalue weighted by Gasteiger charge is -2.32. The molecule has 0 aliphatic carbocycles. The van der Waals surface area contributed by atoms with Crippen LogP contribution >= 0.6 is 23.2 Å². The Bertz CT molecular complexity index is 1360. The van der Waals surface area contributed by atoms with Crippen LogP contribution in [0.25, 0.3) is 10.8 Å². The van der Waals surface area contributed by atoms with E-state index in [1.165, 1.54) is 18.0 Å². The fraction of sp³-hybridized carbons (Fsp3) is 0.308. The van der Waals surface area contributed by atoms with E-state index in [9.17, 15) is 18.0 Å². The third-order valence-corrected chi connectivity index (χ3v) is 8.27. The molecule has 192 valence electrons. The molecule has 0 aromatic heterocycles. The maximum absolute atomic E-state index is 13.5. The number of sulfonamides is 1. The van der Waals surface area contributed by atoms with E-state index in [1.807, 2.05) is 24.3 Å². The van der Waals surface area contributed by atoms with Crippen LogP contribution in [-0.2, 0) is 26.2 Å². The Morgan fingerprint density at radius 2 is 1.67 bits per heavy atom. The highest BCUT2D eigenvalue weighted by Gasteiger charge is 2.32. The van der Waals surface area contributed by atoms with E-state index in [2.05, 4.69) is 5.32 Å². The fourth-order valence-electron chi connectivity index (χ4n) is 3.92. The van der Waals surface area contributed by atoms with Gasteiger partial charge in [-0.25, -0.2) is 8.42 Å². The fourth-order valence-corrected chi connectivity index (χ4v) is 5.54. The smallest absolute Gasteiger partial charge is 0.243 e. The summed E-state index contributed by atoms with van der Waals surface area (Å²) in [6.45, 7) is 3.55. The number of likely N-dealkylation sites (N-methyl/N-ethyl adjacent to an activating group) is 2. The van der Waals surface area contributed by atoms with Crippen molar-refractivity contribution in [3.05, 3.63) is 76.3 Å². The van der Waals surface area contributed by atoms with Gasteiger partial charge in [0.15, 0.2) is 0 Å². The topological polar surface area (TPSA) is 86.8 Å². The predicted molar refractivity (Wildman–Crippen MR) is 144 cm³/mol. The molecule has 0 aliphatic heterocycles. The molecular formula is C26H29Cl2N3O4S. The minimum absolute atomic E-state index is 0.0222. The SMILES string of the molecule is CCNC(=O)[C@H](CC)N(Cc1ccc(Cl)cc1Cl)C(=O)CN(C)S(=O)(=O)c1ccc2ccccc2c1. The second-order valence-electron chi connectivity index (χ2n) is 8.35. The van der Waals surface area contributed by atoms with Gasteiger partial charge in [-0.3, -0.25) is 9.59 Å². The predicted octanol–water partition coefficient (Wildman–Crippen LogP) is 4.71. The minimum atomic E-state index is -3.97. The Kier molecular flexibility index (Phi) is 9.35. The maximum atomic E-state index is 13.5. The Labute approximate surface area is 222 Å². The molecule has 3 rings (SSSR count). The van der Waals surface area contributed by atoms with Crippen molar-refractivity contribution >= 4 is 55.8 Å². The molecule has 36 heavy (non-hydrogen) atoms. The molecule has 2 amide bonds. The van der Waals surface area contributed by atoms with Crippen molar-refractivity contribution in [2.24, 2.45) is 0 Å². The van der Waals surface area contributed by atoms with Gasteiger partial charge in [-0.1, -0.05) is 66.5 Å². The van der Waals surface area contributed by atoms with Crippen molar-refractivity contribution in [2.75, 3.05) is 20.1 Å². The molecule has 0 unspecified atom stereocenters. The lowest BCUT2D eigenvalue weighted by Crippen LogP contribution is -2.51. The second kappa shape index (κ2) is 12.1. The molecule has 3 aromatic carbocycles. The first kappa shape index (κ1) is 27.9. The monoisotopic (exact) mass is 549 g/mol. The first-order chi connectivity index (χ1) is 17.1. The molecule has 0 heterocycles. The summed E-state index contributed by atoms with van der Waals surface area (Å²) in [6, 6.07) is 16.4. The zero-order chi connectivity index (χ0) is 26.5. The van der Waals surface area contributed by atoms with Crippen LogP contribution < -0.4 is 5.32 Å². The van der Waals surface area contributed by atoms with Gasteiger partial charge in [0.1, 0.15) is 6.04 Å². The summed E-state index contributed by atoms with van der Waals surface area (Å²) in [5.74, 6) is -0.843. The Morgan fingerprint density at radius 1 is 0.972 bits per heavy atom. The van der Waals surface area contributed by atoms with Crippen LogP contribution in [0.4, 0.5) is 0 Å². The summed E-state index contributed by atoms with van der Waals surface area (Å²) in [6.07, 6.45) is 0.337. The van der Waals surface area contributed by atoms with E-state index >= 15 is 0 Å². The highest BCUT2D eigenvalue weighted by Crippen LogP contribution is 2.25. The number of carbonyl (C=O) groups excluding carboxylic acids is 2. The Morgan fingerprint density at radius 3 is 2.31 bits per heavy atom. The zero-order valence-electron chi connectivity index (χ0n) is 20.4. The van der Waals surface area contributed by atoms with Crippen molar-refractivity contribution in [3.8, 4) is 0 Å². The lowest BCUT2D eigenvalue weighted by atomic mass is 10.1. The van der Waals surface area contributed by atoms with Gasteiger partial charge in [-0.2, -0.15) is 4.31 Å². The molecule has 7 nitrogen and oxygen atoms in total. The summed E-state index contributed by atoms with van der Waals surface area (Å²) in [4.78, 5) is 27.7. The van der Waals surface area contributed by atoms with Crippen molar-refractivity contribution < 1.29 is 18.0 Å². The van der Waals surface area contributed by atoms with Crippen LogP contribution in [0.5, 0.6) is 0 Å². The van der Waals surface area contributed by atoms with Crippen LogP contribution in [0, 0.1) is 0 Å². The highest BCUT2D eigenvalue weighted by atomic mass is 35.5. The number of rotatable bonds is 10. The van der Waals surface area contributed by atoms with Gasteiger partial charge in [-0.05, 0) is 53.9 Å². The molecule has 1 N–H and O–H groups in total. The number of fused-ring (bicyclic) bond motifs is 1. The van der Waals surface area contributed by atoms with Crippen molar-refractivity contribution in [3.63, 3.8) is 0 Å². The summed E-state index contributed by atoms with van der Waals surface area (Å²) in [5.41, 5.74) is 0.595. The molecule has 3 aromatic rings. The van der Waals surface area contributed by atoms with Crippen molar-refractivity contribution in [2.45, 2.75) is 37.8 Å². The number of hydrogen-bond donors (Lipinski definition) is 1. The van der Waals surface area contributed by atoms with E-state index in [1.54, 1.807) is 44.2 Å². The molecule has 0 aliphatic rings. The number of amides is 2. The molecule has 0 saturated carbocycles. The lowest BCUT2D eigenvalue weighted by molar-refractivity contribution is -0.141. The first-order valence-corrected chi connectivity index (χ1v) is 13.7. The normalized spacial score (nSPS) is 12.5. The van der Waals surface area contributed by atoms with Crippen molar-refractivity contribution in [1.29, 1.82) is 0 Å². The average Bonchev–Trinajstić information content (AvgIpc) is 2.84. The van der Waals surface area contributed by atoms with Crippen LogP contribution in [0.15, 0.2) is 65.6 Å². The first-order valence-electron chi connectivity index (χ1n) is 11.5. The summed E-state index contributed by atoms with van der Waals surface area (Å²) >= 11 is 12.4. The van der Waals surface area contributed by atoms with Crippen LogP contribution in [0.1, 0.15) is 25.8 Å². The summed E-state index contributed by atoms with van der Waals surface area (Å²) in [5, 5.41) is 5.23. The highest BCUT2D eigenvalue weighted by molar-refractivity contribution is 7.89. The number of hydrogen-bond acceptors (Lipinski definition) is 4. The van der Waals surface area contributed by atoms with Crippen LogP contribution in [-0.4, -0.2) is 55.6 Å². The molecule has 0 bridgehead atoms. The van der Waals surface area contributed by atoms with Gasteiger partial charge >= 0.3 is 0 Å².